The first-order valence-corrected chi connectivity index (χ1v) is 10.2. The molecule has 9 heteroatoms. The Balaban J connectivity index is 2.03. The molecule has 0 N–H and O–H groups in total. The molecule has 1 unspecified atom stereocenters. The summed E-state index contributed by atoms with van der Waals surface area (Å²) in [6.07, 6.45) is -2.57. The minimum absolute atomic E-state index is 0.0437. The predicted molar refractivity (Wildman–Crippen MR) is 90.6 cm³/mol. The molecule has 0 aromatic heterocycles. The Labute approximate surface area is 151 Å². The van der Waals surface area contributed by atoms with Crippen LogP contribution in [0.25, 0.3) is 0 Å². The number of unbranched alkanes of at least 4 members (excludes halogenated alkanes) is 1. The van der Waals surface area contributed by atoms with E-state index >= 15 is 0 Å². The number of carbonyl (C=O) groups is 1. The number of amides is 1. The third kappa shape index (κ3) is 5.62. The van der Waals surface area contributed by atoms with Crippen LogP contribution in [-0.4, -0.2) is 49.9 Å². The fourth-order valence-corrected chi connectivity index (χ4v) is 4.58. The zero-order chi connectivity index (χ0) is 19.4. The average Bonchev–Trinajstić information content (AvgIpc) is 2.92. The minimum Gasteiger partial charge on any atom is -0.484 e. The van der Waals surface area contributed by atoms with Crippen molar-refractivity contribution in [2.24, 2.45) is 0 Å². The highest BCUT2D eigenvalue weighted by atomic mass is 32.2. The molecule has 0 saturated carbocycles. The van der Waals surface area contributed by atoms with Gasteiger partial charge in [0.15, 0.2) is 16.4 Å². The second-order valence-corrected chi connectivity index (χ2v) is 8.54. The molecule has 1 amide bonds. The third-order valence-corrected chi connectivity index (χ3v) is 6.00. The lowest BCUT2D eigenvalue weighted by atomic mass is 10.2. The highest BCUT2D eigenvalue weighted by Gasteiger charge is 2.34. The number of alkyl halides is 3. The van der Waals surface area contributed by atoms with Crippen LogP contribution in [0, 0.1) is 0 Å². The van der Waals surface area contributed by atoms with Crippen LogP contribution in [0.5, 0.6) is 5.75 Å². The van der Waals surface area contributed by atoms with Crippen molar-refractivity contribution < 1.29 is 31.1 Å². The van der Waals surface area contributed by atoms with Crippen molar-refractivity contribution in [3.05, 3.63) is 29.8 Å². The first-order valence-electron chi connectivity index (χ1n) is 8.42. The summed E-state index contributed by atoms with van der Waals surface area (Å²) in [5.74, 6) is -0.505. The highest BCUT2D eigenvalue weighted by molar-refractivity contribution is 7.91. The van der Waals surface area contributed by atoms with E-state index in [1.807, 2.05) is 6.92 Å². The van der Waals surface area contributed by atoms with Crippen LogP contribution >= 0.6 is 0 Å². The summed E-state index contributed by atoms with van der Waals surface area (Å²) in [5.41, 5.74) is -0.854. The van der Waals surface area contributed by atoms with Gasteiger partial charge in [-0.25, -0.2) is 8.42 Å². The van der Waals surface area contributed by atoms with Gasteiger partial charge in [-0.15, -0.1) is 0 Å². The van der Waals surface area contributed by atoms with Gasteiger partial charge in [0.1, 0.15) is 5.75 Å². The summed E-state index contributed by atoms with van der Waals surface area (Å²) in [5, 5.41) is 0. The molecule has 26 heavy (non-hydrogen) atoms. The molecule has 1 aliphatic rings. The number of carbonyl (C=O) groups excluding carboxylic acids is 1. The standard InChI is InChI=1S/C17H22F3NO4S/c1-2-3-8-21(14-7-9-26(23,24)12-14)16(22)11-25-15-6-4-5-13(10-15)17(18,19)20/h4-6,10,14H,2-3,7-9,11-12H2,1H3. The highest BCUT2D eigenvalue weighted by Crippen LogP contribution is 2.31. The van der Waals surface area contributed by atoms with Crippen LogP contribution in [0.3, 0.4) is 0 Å². The normalized spacial score (nSPS) is 19.3. The molecule has 5 nitrogen and oxygen atoms in total. The number of benzene rings is 1. The summed E-state index contributed by atoms with van der Waals surface area (Å²) >= 11 is 0. The first-order chi connectivity index (χ1) is 12.1. The molecule has 1 aromatic carbocycles. The summed E-state index contributed by atoms with van der Waals surface area (Å²) in [4.78, 5) is 14.0. The van der Waals surface area contributed by atoms with Crippen LogP contribution < -0.4 is 4.74 Å². The lowest BCUT2D eigenvalue weighted by Crippen LogP contribution is -2.44. The molecule has 0 radical (unpaired) electrons. The summed E-state index contributed by atoms with van der Waals surface area (Å²) in [6, 6.07) is 3.92. The van der Waals surface area contributed by atoms with E-state index in [1.54, 1.807) is 0 Å². The van der Waals surface area contributed by atoms with Crippen LogP contribution in [0.1, 0.15) is 31.7 Å². The average molecular weight is 393 g/mol. The maximum Gasteiger partial charge on any atom is 0.416 e. The SMILES string of the molecule is CCCCN(C(=O)COc1cccc(C(F)(F)F)c1)C1CCS(=O)(=O)C1. The number of nitrogens with zero attached hydrogens (tertiary/aromatic N) is 1. The Morgan fingerprint density at radius 2 is 2.08 bits per heavy atom. The molecule has 0 aliphatic carbocycles. The lowest BCUT2D eigenvalue weighted by molar-refractivity contribution is -0.137. The zero-order valence-corrected chi connectivity index (χ0v) is 15.3. The maximum absolute atomic E-state index is 12.7. The van der Waals surface area contributed by atoms with Gasteiger partial charge in [0.25, 0.3) is 5.91 Å². The van der Waals surface area contributed by atoms with Gasteiger partial charge in [-0.3, -0.25) is 4.79 Å². The molecular weight excluding hydrogens is 371 g/mol. The van der Waals surface area contributed by atoms with Crippen molar-refractivity contribution in [3.8, 4) is 5.75 Å². The molecule has 1 aromatic rings. The van der Waals surface area contributed by atoms with Crippen LogP contribution in [0.2, 0.25) is 0 Å². The fourth-order valence-electron chi connectivity index (χ4n) is 2.85. The van der Waals surface area contributed by atoms with E-state index < -0.39 is 40.1 Å². The second-order valence-electron chi connectivity index (χ2n) is 6.31. The first kappa shape index (κ1) is 20.5. The van der Waals surface area contributed by atoms with Gasteiger partial charge in [-0.05, 0) is 31.0 Å². The topological polar surface area (TPSA) is 63.7 Å². The van der Waals surface area contributed by atoms with Gasteiger partial charge in [0, 0.05) is 12.6 Å². The molecule has 2 rings (SSSR count). The van der Waals surface area contributed by atoms with E-state index in [0.717, 1.165) is 18.6 Å². The second kappa shape index (κ2) is 8.28. The number of rotatable bonds is 7. The molecule has 1 fully saturated rings. The van der Waals surface area contributed by atoms with E-state index in [1.165, 1.54) is 17.0 Å². The maximum atomic E-state index is 12.7. The van der Waals surface area contributed by atoms with E-state index in [4.69, 9.17) is 4.74 Å². The summed E-state index contributed by atoms with van der Waals surface area (Å²) < 4.78 is 66.8. The van der Waals surface area contributed by atoms with Crippen molar-refractivity contribution >= 4 is 15.7 Å². The monoisotopic (exact) mass is 393 g/mol. The number of hydrogen-bond acceptors (Lipinski definition) is 4. The molecule has 1 atom stereocenters. The Hall–Kier alpha value is -1.77. The van der Waals surface area contributed by atoms with E-state index in [2.05, 4.69) is 0 Å². The zero-order valence-electron chi connectivity index (χ0n) is 14.5. The van der Waals surface area contributed by atoms with Gasteiger partial charge in [-0.2, -0.15) is 13.2 Å². The lowest BCUT2D eigenvalue weighted by Gasteiger charge is -2.28. The number of ether oxygens (including phenoxy) is 1. The summed E-state index contributed by atoms with van der Waals surface area (Å²) in [6.45, 7) is 1.93. The molecule has 0 bridgehead atoms. The Kier molecular flexibility index (Phi) is 6.54. The Morgan fingerprint density at radius 3 is 2.65 bits per heavy atom. The van der Waals surface area contributed by atoms with Crippen molar-refractivity contribution in [1.82, 2.24) is 4.90 Å². The van der Waals surface area contributed by atoms with Crippen LogP contribution in [0.4, 0.5) is 13.2 Å². The smallest absolute Gasteiger partial charge is 0.416 e. The van der Waals surface area contributed by atoms with Crippen LogP contribution in [-0.2, 0) is 20.8 Å². The third-order valence-electron chi connectivity index (χ3n) is 4.25. The van der Waals surface area contributed by atoms with Crippen molar-refractivity contribution in [2.75, 3.05) is 24.7 Å². The van der Waals surface area contributed by atoms with Crippen molar-refractivity contribution in [1.29, 1.82) is 0 Å². The quantitative estimate of drug-likeness (QED) is 0.715. The molecule has 1 heterocycles. The van der Waals surface area contributed by atoms with Gasteiger partial charge in [0.05, 0.1) is 17.1 Å². The molecule has 1 aliphatic heterocycles. The fraction of sp³-hybridized carbons (Fsp3) is 0.588. The Bertz CT molecular complexity index is 734. The molecule has 1 saturated heterocycles. The van der Waals surface area contributed by atoms with Crippen LogP contribution in [0.15, 0.2) is 24.3 Å². The Morgan fingerprint density at radius 1 is 1.35 bits per heavy atom. The van der Waals surface area contributed by atoms with E-state index in [-0.39, 0.29) is 17.3 Å². The number of sulfone groups is 1. The molecular formula is C17H22F3NO4S. The van der Waals surface area contributed by atoms with E-state index in [9.17, 15) is 26.4 Å². The summed E-state index contributed by atoms with van der Waals surface area (Å²) in [7, 11) is -3.15. The predicted octanol–water partition coefficient (Wildman–Crippen LogP) is 2.90. The minimum atomic E-state index is -4.49. The van der Waals surface area contributed by atoms with Gasteiger partial charge >= 0.3 is 6.18 Å². The van der Waals surface area contributed by atoms with E-state index in [0.29, 0.717) is 19.4 Å². The number of halogens is 3. The largest absolute Gasteiger partial charge is 0.484 e. The number of hydrogen-bond donors (Lipinski definition) is 0. The van der Waals surface area contributed by atoms with Crippen molar-refractivity contribution in [3.63, 3.8) is 0 Å². The van der Waals surface area contributed by atoms with Gasteiger partial charge in [-0.1, -0.05) is 19.4 Å². The molecule has 0 spiro atoms. The molecule has 146 valence electrons. The van der Waals surface area contributed by atoms with Gasteiger partial charge < -0.3 is 9.64 Å². The van der Waals surface area contributed by atoms with Gasteiger partial charge in [0.2, 0.25) is 0 Å². The van der Waals surface area contributed by atoms with Crippen molar-refractivity contribution in [2.45, 2.75) is 38.4 Å².